The molecule has 1 aliphatic carbocycles. The van der Waals surface area contributed by atoms with E-state index in [0.717, 1.165) is 35.9 Å². The topological polar surface area (TPSA) is 61.4 Å². The summed E-state index contributed by atoms with van der Waals surface area (Å²) in [6.07, 6.45) is 3.98. The standard InChI is InChI=1S/C13H19BrN2O2S/c14-12-6-5-11(19-12)7-8-15-13(18)16-9-1-3-10(17)4-2-9/h5-6,9-10,17H,1-4,7-8H2,(H2,15,16,18). The van der Waals surface area contributed by atoms with Crippen molar-refractivity contribution in [3.05, 3.63) is 20.8 Å². The third-order valence-corrected chi connectivity index (χ3v) is 5.00. The summed E-state index contributed by atoms with van der Waals surface area (Å²) in [7, 11) is 0. The van der Waals surface area contributed by atoms with E-state index < -0.39 is 0 Å². The molecule has 0 bridgehead atoms. The van der Waals surface area contributed by atoms with Crippen LogP contribution in [0.1, 0.15) is 30.6 Å². The third-order valence-electron chi connectivity index (χ3n) is 3.32. The molecule has 1 fully saturated rings. The van der Waals surface area contributed by atoms with Crippen LogP contribution in [0.15, 0.2) is 15.9 Å². The summed E-state index contributed by atoms with van der Waals surface area (Å²) >= 11 is 5.11. The van der Waals surface area contributed by atoms with Crippen LogP contribution in [0, 0.1) is 0 Å². The monoisotopic (exact) mass is 346 g/mol. The number of amides is 2. The molecule has 0 radical (unpaired) electrons. The van der Waals surface area contributed by atoms with Crippen LogP contribution < -0.4 is 10.6 Å². The summed E-state index contributed by atoms with van der Waals surface area (Å²) in [5, 5.41) is 15.2. The van der Waals surface area contributed by atoms with Crippen molar-refractivity contribution in [2.75, 3.05) is 6.54 Å². The summed E-state index contributed by atoms with van der Waals surface area (Å²) in [4.78, 5) is 13.0. The van der Waals surface area contributed by atoms with E-state index in [1.165, 1.54) is 4.88 Å². The van der Waals surface area contributed by atoms with Gasteiger partial charge in [0.25, 0.3) is 0 Å². The summed E-state index contributed by atoms with van der Waals surface area (Å²) < 4.78 is 1.12. The van der Waals surface area contributed by atoms with Crippen molar-refractivity contribution >= 4 is 33.3 Å². The fourth-order valence-corrected chi connectivity index (χ4v) is 3.72. The lowest BCUT2D eigenvalue weighted by molar-refractivity contribution is 0.117. The van der Waals surface area contributed by atoms with Crippen LogP contribution >= 0.6 is 27.3 Å². The Morgan fingerprint density at radius 3 is 2.74 bits per heavy atom. The first-order valence-corrected chi connectivity index (χ1v) is 8.21. The number of rotatable bonds is 4. The fourth-order valence-electron chi connectivity index (χ4n) is 2.24. The second-order valence-electron chi connectivity index (χ2n) is 4.86. The fraction of sp³-hybridized carbons (Fsp3) is 0.615. The molecular weight excluding hydrogens is 328 g/mol. The Labute approximate surface area is 125 Å². The Balaban J connectivity index is 1.62. The highest BCUT2D eigenvalue weighted by Crippen LogP contribution is 2.22. The molecule has 0 spiro atoms. The number of hydrogen-bond acceptors (Lipinski definition) is 3. The van der Waals surface area contributed by atoms with Crippen molar-refractivity contribution in [3.8, 4) is 0 Å². The minimum Gasteiger partial charge on any atom is -0.393 e. The molecule has 6 heteroatoms. The minimum absolute atomic E-state index is 0.1000. The molecule has 4 nitrogen and oxygen atoms in total. The highest BCUT2D eigenvalue weighted by Gasteiger charge is 2.20. The molecule has 106 valence electrons. The largest absolute Gasteiger partial charge is 0.393 e. The van der Waals surface area contributed by atoms with E-state index in [4.69, 9.17) is 0 Å². The second kappa shape index (κ2) is 7.26. The van der Waals surface area contributed by atoms with Crippen LogP contribution in [0.3, 0.4) is 0 Å². The number of hydrogen-bond donors (Lipinski definition) is 3. The highest BCUT2D eigenvalue weighted by molar-refractivity contribution is 9.11. The minimum atomic E-state index is -0.182. The molecule has 2 rings (SSSR count). The van der Waals surface area contributed by atoms with Gasteiger partial charge in [0.15, 0.2) is 0 Å². The quantitative estimate of drug-likeness (QED) is 0.784. The average Bonchev–Trinajstić information content (AvgIpc) is 2.78. The first kappa shape index (κ1) is 14.8. The molecule has 1 saturated carbocycles. The average molecular weight is 347 g/mol. The Kier molecular flexibility index (Phi) is 5.66. The van der Waals surface area contributed by atoms with Gasteiger partial charge in [-0.15, -0.1) is 11.3 Å². The summed E-state index contributed by atoms with van der Waals surface area (Å²) in [5.74, 6) is 0. The number of aliphatic hydroxyl groups excluding tert-OH is 1. The molecule has 1 aliphatic rings. The molecule has 3 N–H and O–H groups in total. The van der Waals surface area contributed by atoms with Crippen LogP contribution in [-0.2, 0) is 6.42 Å². The number of halogens is 1. The van der Waals surface area contributed by atoms with E-state index in [0.29, 0.717) is 6.54 Å². The maximum absolute atomic E-state index is 11.7. The van der Waals surface area contributed by atoms with Crippen molar-refractivity contribution < 1.29 is 9.90 Å². The van der Waals surface area contributed by atoms with E-state index in [1.807, 2.05) is 6.07 Å². The van der Waals surface area contributed by atoms with Gasteiger partial charge in [-0.2, -0.15) is 0 Å². The normalized spacial score (nSPS) is 23.1. The highest BCUT2D eigenvalue weighted by atomic mass is 79.9. The van der Waals surface area contributed by atoms with Crippen LogP contribution in [0.5, 0.6) is 0 Å². The predicted molar refractivity (Wildman–Crippen MR) is 80.5 cm³/mol. The number of carbonyl (C=O) groups excluding carboxylic acids is 1. The number of carbonyl (C=O) groups is 1. The Hall–Kier alpha value is -0.590. The van der Waals surface area contributed by atoms with Gasteiger partial charge >= 0.3 is 6.03 Å². The van der Waals surface area contributed by atoms with Crippen LogP contribution in [0.2, 0.25) is 0 Å². The molecule has 1 heterocycles. The first-order chi connectivity index (χ1) is 9.13. The lowest BCUT2D eigenvalue weighted by Crippen LogP contribution is -2.44. The maximum atomic E-state index is 11.7. The van der Waals surface area contributed by atoms with Gasteiger partial charge < -0.3 is 15.7 Å². The molecule has 19 heavy (non-hydrogen) atoms. The van der Waals surface area contributed by atoms with Gasteiger partial charge in [0, 0.05) is 17.5 Å². The van der Waals surface area contributed by atoms with Gasteiger partial charge in [0.05, 0.1) is 9.89 Å². The van der Waals surface area contributed by atoms with E-state index in [9.17, 15) is 9.90 Å². The molecule has 0 saturated heterocycles. The predicted octanol–water partition coefficient (Wildman–Crippen LogP) is 2.66. The van der Waals surface area contributed by atoms with Gasteiger partial charge in [-0.1, -0.05) is 0 Å². The van der Waals surface area contributed by atoms with Crippen molar-refractivity contribution in [2.24, 2.45) is 0 Å². The lowest BCUT2D eigenvalue weighted by Gasteiger charge is -2.26. The van der Waals surface area contributed by atoms with Gasteiger partial charge in [-0.25, -0.2) is 4.79 Å². The van der Waals surface area contributed by atoms with Gasteiger partial charge in [0.1, 0.15) is 0 Å². The summed E-state index contributed by atoms with van der Waals surface area (Å²) in [6.45, 7) is 0.647. The Morgan fingerprint density at radius 1 is 1.37 bits per heavy atom. The van der Waals surface area contributed by atoms with Crippen LogP contribution in [-0.4, -0.2) is 29.8 Å². The van der Waals surface area contributed by atoms with Crippen molar-refractivity contribution in [2.45, 2.75) is 44.2 Å². The van der Waals surface area contributed by atoms with Crippen molar-refractivity contribution in [3.63, 3.8) is 0 Å². The zero-order chi connectivity index (χ0) is 13.7. The molecule has 0 aliphatic heterocycles. The van der Waals surface area contributed by atoms with Gasteiger partial charge in [-0.05, 0) is 60.2 Å². The molecule has 0 atom stereocenters. The van der Waals surface area contributed by atoms with Crippen LogP contribution in [0.4, 0.5) is 4.79 Å². The Bertz CT molecular complexity index is 417. The maximum Gasteiger partial charge on any atom is 0.315 e. The van der Waals surface area contributed by atoms with Gasteiger partial charge in [-0.3, -0.25) is 0 Å². The Morgan fingerprint density at radius 2 is 2.11 bits per heavy atom. The summed E-state index contributed by atoms with van der Waals surface area (Å²) in [5.41, 5.74) is 0. The molecule has 1 aromatic heterocycles. The third kappa shape index (κ3) is 5.12. The first-order valence-electron chi connectivity index (χ1n) is 6.60. The number of aliphatic hydroxyl groups is 1. The van der Waals surface area contributed by atoms with Gasteiger partial charge in [0.2, 0.25) is 0 Å². The van der Waals surface area contributed by atoms with Crippen LogP contribution in [0.25, 0.3) is 0 Å². The molecule has 1 aromatic rings. The second-order valence-corrected chi connectivity index (χ2v) is 7.41. The van der Waals surface area contributed by atoms with E-state index in [-0.39, 0.29) is 18.2 Å². The molecule has 0 unspecified atom stereocenters. The van der Waals surface area contributed by atoms with Crippen molar-refractivity contribution in [1.29, 1.82) is 0 Å². The zero-order valence-electron chi connectivity index (χ0n) is 10.7. The van der Waals surface area contributed by atoms with Crippen molar-refractivity contribution in [1.82, 2.24) is 10.6 Å². The lowest BCUT2D eigenvalue weighted by atomic mass is 9.93. The van der Waals surface area contributed by atoms with E-state index >= 15 is 0 Å². The summed E-state index contributed by atoms with van der Waals surface area (Å²) in [6, 6.07) is 4.20. The molecular formula is C13H19BrN2O2S. The number of nitrogens with one attached hydrogen (secondary N) is 2. The number of urea groups is 1. The molecule has 0 aromatic carbocycles. The smallest absolute Gasteiger partial charge is 0.315 e. The SMILES string of the molecule is O=C(NCCc1ccc(Br)s1)NC1CCC(O)CC1. The molecule has 2 amide bonds. The zero-order valence-corrected chi connectivity index (χ0v) is 13.1. The van der Waals surface area contributed by atoms with E-state index in [1.54, 1.807) is 11.3 Å². The van der Waals surface area contributed by atoms with E-state index in [2.05, 4.69) is 32.6 Å². The number of thiophene rings is 1.